The highest BCUT2D eigenvalue weighted by Gasteiger charge is 2.50. The molecule has 1 aromatic heterocycles. The molecule has 1 fully saturated rings. The van der Waals surface area contributed by atoms with Crippen molar-refractivity contribution >= 4 is 17.5 Å². The maximum atomic E-state index is 12.4. The van der Waals surface area contributed by atoms with Gasteiger partial charge in [-0.05, 0) is 26.7 Å². The molecule has 2 aliphatic rings. The first kappa shape index (κ1) is 19.2. The van der Waals surface area contributed by atoms with Crippen molar-refractivity contribution in [3.8, 4) is 0 Å². The van der Waals surface area contributed by atoms with Gasteiger partial charge in [0, 0.05) is 35.9 Å². The number of nitrogens with one attached hydrogen (secondary N) is 1. The Morgan fingerprint density at radius 3 is 2.62 bits per heavy atom. The molecule has 1 aliphatic carbocycles. The summed E-state index contributed by atoms with van der Waals surface area (Å²) in [7, 11) is 1.82. The van der Waals surface area contributed by atoms with Gasteiger partial charge in [-0.2, -0.15) is 5.10 Å². The Kier molecular flexibility index (Phi) is 4.44. The first-order valence-electron chi connectivity index (χ1n) is 9.79. The number of fused-ring (bicyclic) bond motifs is 1. The molecule has 0 saturated heterocycles. The number of aryl methyl sites for hydroxylation is 1. The van der Waals surface area contributed by atoms with E-state index >= 15 is 0 Å². The molecule has 0 amide bonds. The molecular formula is C21H24N4O4. The molecule has 2 aromatic rings. The standard InChI is InChI=1S/C21H24N4O4/c1-12-16(20(26)27)21(2,14-10-6-7-11-15(14)25(28)29)17-18(13-8-4-5-9-13)23-24(3)19(17)22-12/h6-7,10-11,13,22H,4-5,8-9H2,1-3H3,(H,26,27). The fourth-order valence-corrected chi connectivity index (χ4v) is 5.11. The SMILES string of the molecule is CC1=C(C(=O)O)C(C)(c2ccccc2[N+](=O)[O-])c2c(C3CCCC3)nn(C)c2N1. The molecule has 1 aromatic carbocycles. The lowest BCUT2D eigenvalue weighted by molar-refractivity contribution is -0.385. The van der Waals surface area contributed by atoms with Crippen LogP contribution in [0.25, 0.3) is 0 Å². The lowest BCUT2D eigenvalue weighted by Crippen LogP contribution is -2.38. The van der Waals surface area contributed by atoms with Crippen LogP contribution in [0, 0.1) is 10.1 Å². The average Bonchev–Trinajstić information content (AvgIpc) is 3.30. The third kappa shape index (κ3) is 2.73. The van der Waals surface area contributed by atoms with Crippen molar-refractivity contribution < 1.29 is 14.8 Å². The number of anilines is 1. The zero-order chi connectivity index (χ0) is 20.9. The van der Waals surface area contributed by atoms with Gasteiger partial charge >= 0.3 is 5.97 Å². The van der Waals surface area contributed by atoms with Gasteiger partial charge in [0.05, 0.1) is 21.6 Å². The smallest absolute Gasteiger partial charge is 0.334 e. The van der Waals surface area contributed by atoms with E-state index in [1.54, 1.807) is 36.7 Å². The number of para-hydroxylation sites is 1. The first-order chi connectivity index (χ1) is 13.8. The van der Waals surface area contributed by atoms with E-state index in [1.165, 1.54) is 6.07 Å². The Labute approximate surface area is 168 Å². The maximum Gasteiger partial charge on any atom is 0.334 e. The zero-order valence-electron chi connectivity index (χ0n) is 16.7. The molecule has 2 N–H and O–H groups in total. The van der Waals surface area contributed by atoms with Gasteiger partial charge in [-0.3, -0.25) is 14.8 Å². The van der Waals surface area contributed by atoms with E-state index in [0.717, 1.165) is 36.9 Å². The number of benzene rings is 1. The Hall–Kier alpha value is -3.16. The minimum absolute atomic E-state index is 0.0874. The van der Waals surface area contributed by atoms with Crippen LogP contribution in [0.4, 0.5) is 11.5 Å². The van der Waals surface area contributed by atoms with Crippen LogP contribution >= 0.6 is 0 Å². The second-order valence-corrected chi connectivity index (χ2v) is 8.04. The topological polar surface area (TPSA) is 110 Å². The molecule has 8 heteroatoms. The number of hydrogen-bond donors (Lipinski definition) is 2. The monoisotopic (exact) mass is 396 g/mol. The van der Waals surface area contributed by atoms with Gasteiger partial charge in [-0.25, -0.2) is 4.79 Å². The molecule has 1 saturated carbocycles. The number of nitrogens with zero attached hydrogens (tertiary/aromatic N) is 3. The molecule has 152 valence electrons. The largest absolute Gasteiger partial charge is 0.478 e. The van der Waals surface area contributed by atoms with E-state index < -0.39 is 16.3 Å². The normalized spacial score (nSPS) is 21.8. The summed E-state index contributed by atoms with van der Waals surface area (Å²) in [5.74, 6) is -0.167. The molecule has 1 atom stereocenters. The van der Waals surface area contributed by atoms with E-state index in [-0.39, 0.29) is 17.2 Å². The first-order valence-corrected chi connectivity index (χ1v) is 9.79. The van der Waals surface area contributed by atoms with Crippen molar-refractivity contribution in [3.63, 3.8) is 0 Å². The van der Waals surface area contributed by atoms with Gasteiger partial charge < -0.3 is 10.4 Å². The summed E-state index contributed by atoms with van der Waals surface area (Å²) in [5, 5.41) is 29.9. The van der Waals surface area contributed by atoms with Crippen molar-refractivity contribution in [2.75, 3.05) is 5.32 Å². The van der Waals surface area contributed by atoms with Crippen molar-refractivity contribution in [1.29, 1.82) is 0 Å². The lowest BCUT2D eigenvalue weighted by atomic mass is 9.66. The predicted octanol–water partition coefficient (Wildman–Crippen LogP) is 4.08. The summed E-state index contributed by atoms with van der Waals surface area (Å²) in [6, 6.07) is 6.42. The van der Waals surface area contributed by atoms with E-state index in [4.69, 9.17) is 5.10 Å². The summed E-state index contributed by atoms with van der Waals surface area (Å²) in [6.45, 7) is 3.48. The minimum atomic E-state index is -1.20. The third-order valence-corrected chi connectivity index (χ3v) is 6.35. The summed E-state index contributed by atoms with van der Waals surface area (Å²) in [5.41, 5.74) is 1.25. The van der Waals surface area contributed by atoms with Gasteiger partial charge in [0.1, 0.15) is 5.82 Å². The minimum Gasteiger partial charge on any atom is -0.478 e. The fraction of sp³-hybridized carbons (Fsp3) is 0.429. The number of nitro benzene ring substituents is 1. The van der Waals surface area contributed by atoms with Crippen molar-refractivity contribution in [2.24, 2.45) is 7.05 Å². The van der Waals surface area contributed by atoms with Crippen LogP contribution in [0.1, 0.15) is 62.3 Å². The summed E-state index contributed by atoms with van der Waals surface area (Å²) in [6.07, 6.45) is 4.18. The van der Waals surface area contributed by atoms with E-state index in [9.17, 15) is 20.0 Å². The molecule has 2 heterocycles. The van der Waals surface area contributed by atoms with Crippen molar-refractivity contribution in [3.05, 3.63) is 62.5 Å². The van der Waals surface area contributed by atoms with Crippen molar-refractivity contribution in [1.82, 2.24) is 9.78 Å². The Balaban J connectivity index is 2.09. The molecule has 8 nitrogen and oxygen atoms in total. The number of carboxylic acids is 1. The van der Waals surface area contributed by atoms with Gasteiger partial charge in [-0.1, -0.05) is 31.0 Å². The highest BCUT2D eigenvalue weighted by molar-refractivity contribution is 5.95. The van der Waals surface area contributed by atoms with Crippen LogP contribution < -0.4 is 5.32 Å². The van der Waals surface area contributed by atoms with Gasteiger partial charge in [0.15, 0.2) is 0 Å². The van der Waals surface area contributed by atoms with Crippen molar-refractivity contribution in [2.45, 2.75) is 50.9 Å². The molecule has 0 radical (unpaired) electrons. The Bertz CT molecular complexity index is 1050. The van der Waals surface area contributed by atoms with E-state index in [2.05, 4.69) is 5.32 Å². The molecule has 4 rings (SSSR count). The second kappa shape index (κ2) is 6.72. The lowest BCUT2D eigenvalue weighted by Gasteiger charge is -2.37. The fourth-order valence-electron chi connectivity index (χ4n) is 5.11. The summed E-state index contributed by atoms with van der Waals surface area (Å²) >= 11 is 0. The number of hydrogen-bond acceptors (Lipinski definition) is 5. The highest BCUT2D eigenvalue weighted by atomic mass is 16.6. The van der Waals surface area contributed by atoms with Crippen LogP contribution in [0.3, 0.4) is 0 Å². The van der Waals surface area contributed by atoms with Crippen LogP contribution in [0.5, 0.6) is 0 Å². The number of aromatic nitrogens is 2. The summed E-state index contributed by atoms with van der Waals surface area (Å²) in [4.78, 5) is 23.8. The number of nitro groups is 1. The quantitative estimate of drug-likeness (QED) is 0.595. The number of carboxylic acid groups (broad SMARTS) is 1. The van der Waals surface area contributed by atoms with Crippen LogP contribution in [0.2, 0.25) is 0 Å². The third-order valence-electron chi connectivity index (χ3n) is 6.35. The molecule has 0 bridgehead atoms. The number of carbonyl (C=O) groups is 1. The van der Waals surface area contributed by atoms with Crippen LogP contribution in [-0.2, 0) is 17.3 Å². The molecule has 1 aliphatic heterocycles. The van der Waals surface area contributed by atoms with Gasteiger partial charge in [0.2, 0.25) is 0 Å². The van der Waals surface area contributed by atoms with Crippen LogP contribution in [0.15, 0.2) is 35.5 Å². The number of allylic oxidation sites excluding steroid dienone is 1. The predicted molar refractivity (Wildman–Crippen MR) is 108 cm³/mol. The molecule has 1 unspecified atom stereocenters. The Morgan fingerprint density at radius 1 is 1.34 bits per heavy atom. The van der Waals surface area contributed by atoms with Gasteiger partial charge in [0.25, 0.3) is 5.69 Å². The second-order valence-electron chi connectivity index (χ2n) is 8.04. The molecule has 0 spiro atoms. The average molecular weight is 396 g/mol. The van der Waals surface area contributed by atoms with Crippen LogP contribution in [-0.4, -0.2) is 25.8 Å². The zero-order valence-corrected chi connectivity index (χ0v) is 16.7. The maximum absolute atomic E-state index is 12.4. The summed E-state index contributed by atoms with van der Waals surface area (Å²) < 4.78 is 1.73. The Morgan fingerprint density at radius 2 is 2.00 bits per heavy atom. The number of aliphatic carboxylic acids is 1. The molecular weight excluding hydrogens is 372 g/mol. The number of rotatable bonds is 4. The molecule has 29 heavy (non-hydrogen) atoms. The highest BCUT2D eigenvalue weighted by Crippen LogP contribution is 2.53. The van der Waals surface area contributed by atoms with Gasteiger partial charge in [-0.15, -0.1) is 0 Å². The van der Waals surface area contributed by atoms with E-state index in [1.807, 2.05) is 7.05 Å². The van der Waals surface area contributed by atoms with E-state index in [0.29, 0.717) is 17.1 Å².